The van der Waals surface area contributed by atoms with Crippen molar-refractivity contribution in [1.29, 1.82) is 0 Å². The fourth-order valence-electron chi connectivity index (χ4n) is 5.03. The average molecular weight is 740 g/mol. The van der Waals surface area contributed by atoms with Crippen molar-refractivity contribution in [2.45, 2.75) is 33.4 Å². The van der Waals surface area contributed by atoms with E-state index in [-0.39, 0.29) is 36.8 Å². The number of hydrogen-bond donors (Lipinski definition) is 0. The molecule has 0 fully saturated rings. The van der Waals surface area contributed by atoms with Crippen LogP contribution in [0.15, 0.2) is 86.2 Å². The molecule has 0 spiro atoms. The molecule has 3 aromatic carbocycles. The van der Waals surface area contributed by atoms with Crippen molar-refractivity contribution in [3.8, 4) is 17.2 Å². The number of hydrogen-bond acceptors (Lipinski definition) is 10. The van der Waals surface area contributed by atoms with Crippen LogP contribution in [0.1, 0.15) is 43.5 Å². The molecule has 13 heteroatoms. The second-order valence-corrected chi connectivity index (χ2v) is 12.3. The summed E-state index contributed by atoms with van der Waals surface area (Å²) in [5.74, 6) is -0.389. The van der Waals surface area contributed by atoms with Crippen LogP contribution in [-0.2, 0) is 25.7 Å². The molecular formula is C35H32BrFN2O8S. The number of aromatic nitrogens is 1. The molecule has 0 bridgehead atoms. The summed E-state index contributed by atoms with van der Waals surface area (Å²) in [5, 5.41) is 0. The standard InChI is InChI=1S/C35H32BrFN2O8S/c1-5-44-28-16-22(9-13-27(28)47-19-30(40)43-4)32-31(34(42)45-6-2)20(3)38-35-39(32)33(41)29(48-35)17-23-15-24(36)10-14-26(23)46-18-21-7-11-25(37)12-8-21/h7-17,32H,5-6,18-19H2,1-4H3/b29-17-/t32-/m1/s1. The van der Waals surface area contributed by atoms with Gasteiger partial charge in [-0.3, -0.25) is 9.36 Å². The number of halogens is 2. The van der Waals surface area contributed by atoms with Crippen molar-refractivity contribution in [2.75, 3.05) is 26.9 Å². The minimum absolute atomic E-state index is 0.126. The van der Waals surface area contributed by atoms with Gasteiger partial charge in [-0.15, -0.1) is 0 Å². The van der Waals surface area contributed by atoms with Crippen LogP contribution in [0.2, 0.25) is 0 Å². The first-order valence-corrected chi connectivity index (χ1v) is 16.6. The summed E-state index contributed by atoms with van der Waals surface area (Å²) in [7, 11) is 1.26. The van der Waals surface area contributed by atoms with Gasteiger partial charge >= 0.3 is 11.9 Å². The number of rotatable bonds is 12. The van der Waals surface area contributed by atoms with Crippen molar-refractivity contribution in [1.82, 2.24) is 4.57 Å². The predicted octanol–water partition coefficient (Wildman–Crippen LogP) is 5.23. The number of carbonyl (C=O) groups is 2. The third-order valence-corrected chi connectivity index (χ3v) is 8.72. The van der Waals surface area contributed by atoms with E-state index in [1.165, 1.54) is 35.1 Å². The lowest BCUT2D eigenvalue weighted by Gasteiger charge is -2.25. The van der Waals surface area contributed by atoms with Gasteiger partial charge in [0, 0.05) is 10.0 Å². The Morgan fingerprint density at radius 3 is 2.44 bits per heavy atom. The topological polar surface area (TPSA) is 115 Å². The minimum atomic E-state index is -0.909. The van der Waals surface area contributed by atoms with Crippen molar-refractivity contribution in [2.24, 2.45) is 4.99 Å². The highest BCUT2D eigenvalue weighted by Gasteiger charge is 2.34. The zero-order valence-corrected chi connectivity index (χ0v) is 29.0. The van der Waals surface area contributed by atoms with Gasteiger partial charge in [0.15, 0.2) is 22.9 Å². The molecular weight excluding hydrogens is 707 g/mol. The molecule has 0 saturated heterocycles. The van der Waals surface area contributed by atoms with E-state index >= 15 is 0 Å². The number of methoxy groups -OCH3 is 1. The quantitative estimate of drug-likeness (QED) is 0.182. The molecule has 48 heavy (non-hydrogen) atoms. The maximum absolute atomic E-state index is 14.2. The van der Waals surface area contributed by atoms with E-state index in [1.54, 1.807) is 63.2 Å². The van der Waals surface area contributed by atoms with E-state index in [9.17, 15) is 18.8 Å². The molecule has 0 amide bonds. The van der Waals surface area contributed by atoms with Crippen LogP contribution in [-0.4, -0.2) is 43.4 Å². The summed E-state index contributed by atoms with van der Waals surface area (Å²) in [6.07, 6.45) is 1.71. The number of benzene rings is 3. The summed E-state index contributed by atoms with van der Waals surface area (Å²) >= 11 is 4.67. The van der Waals surface area contributed by atoms with Gasteiger partial charge in [0.1, 0.15) is 18.2 Å². The second kappa shape index (κ2) is 15.4. The SMILES string of the molecule is CCOC(=O)C1=C(C)N=c2s/c(=C\c3cc(Br)ccc3OCc3ccc(F)cc3)c(=O)n2[C@@H]1c1ccc(OCC(=O)OC)c(OCC)c1. The van der Waals surface area contributed by atoms with Crippen LogP contribution in [0, 0.1) is 5.82 Å². The number of ether oxygens (including phenoxy) is 5. The van der Waals surface area contributed by atoms with Crippen LogP contribution in [0.4, 0.5) is 4.39 Å². The molecule has 250 valence electrons. The Kier molecular flexibility index (Phi) is 11.1. The van der Waals surface area contributed by atoms with E-state index in [0.717, 1.165) is 10.0 Å². The first-order valence-electron chi connectivity index (χ1n) is 15.0. The normalized spacial score (nSPS) is 14.2. The monoisotopic (exact) mass is 738 g/mol. The zero-order valence-electron chi connectivity index (χ0n) is 26.6. The lowest BCUT2D eigenvalue weighted by molar-refractivity contribution is -0.143. The van der Waals surface area contributed by atoms with Crippen molar-refractivity contribution in [3.05, 3.63) is 119 Å². The largest absolute Gasteiger partial charge is 0.490 e. The Labute approximate surface area is 287 Å². The third-order valence-electron chi connectivity index (χ3n) is 7.24. The van der Waals surface area contributed by atoms with Gasteiger partial charge < -0.3 is 23.7 Å². The Morgan fingerprint density at radius 1 is 0.979 bits per heavy atom. The summed E-state index contributed by atoms with van der Waals surface area (Å²) in [5.41, 5.74) is 2.17. The summed E-state index contributed by atoms with van der Waals surface area (Å²) < 4.78 is 43.6. The molecule has 1 aliphatic rings. The molecule has 4 aromatic rings. The van der Waals surface area contributed by atoms with Crippen LogP contribution >= 0.6 is 27.3 Å². The number of nitrogens with zero attached hydrogens (tertiary/aromatic N) is 2. The van der Waals surface area contributed by atoms with E-state index < -0.39 is 18.0 Å². The molecule has 5 rings (SSSR count). The molecule has 0 N–H and O–H groups in total. The number of fused-ring (bicyclic) bond motifs is 1. The van der Waals surface area contributed by atoms with Gasteiger partial charge in [-0.25, -0.2) is 19.0 Å². The number of esters is 2. The number of carbonyl (C=O) groups excluding carboxylic acids is 2. The molecule has 0 aliphatic carbocycles. The highest BCUT2D eigenvalue weighted by molar-refractivity contribution is 9.10. The Bertz CT molecular complexity index is 2060. The average Bonchev–Trinajstić information content (AvgIpc) is 3.37. The molecule has 1 aromatic heterocycles. The van der Waals surface area contributed by atoms with E-state index in [0.29, 0.717) is 50.0 Å². The van der Waals surface area contributed by atoms with Gasteiger partial charge in [0.05, 0.1) is 42.2 Å². The molecule has 0 saturated carbocycles. The van der Waals surface area contributed by atoms with Gasteiger partial charge in [-0.2, -0.15) is 0 Å². The number of allylic oxidation sites excluding steroid dienone is 1. The smallest absolute Gasteiger partial charge is 0.343 e. The van der Waals surface area contributed by atoms with Crippen LogP contribution in [0.3, 0.4) is 0 Å². The number of thiazole rings is 1. The van der Waals surface area contributed by atoms with Gasteiger partial charge in [0.2, 0.25) is 0 Å². The van der Waals surface area contributed by atoms with Crippen LogP contribution in [0.25, 0.3) is 6.08 Å². The van der Waals surface area contributed by atoms with Crippen LogP contribution in [0.5, 0.6) is 17.2 Å². The van der Waals surface area contributed by atoms with Crippen molar-refractivity contribution in [3.63, 3.8) is 0 Å². The molecule has 1 atom stereocenters. The van der Waals surface area contributed by atoms with Crippen molar-refractivity contribution < 1.29 is 37.7 Å². The van der Waals surface area contributed by atoms with Gasteiger partial charge in [0.25, 0.3) is 5.56 Å². The maximum Gasteiger partial charge on any atom is 0.343 e. The lowest BCUT2D eigenvalue weighted by atomic mass is 9.95. The minimum Gasteiger partial charge on any atom is -0.490 e. The van der Waals surface area contributed by atoms with Gasteiger partial charge in [-0.05, 0) is 80.4 Å². The first-order chi connectivity index (χ1) is 23.1. The Hall–Kier alpha value is -4.75. The second-order valence-electron chi connectivity index (χ2n) is 10.4. The highest BCUT2D eigenvalue weighted by Crippen LogP contribution is 2.36. The van der Waals surface area contributed by atoms with E-state index in [4.69, 9.17) is 18.9 Å². The van der Waals surface area contributed by atoms with E-state index in [2.05, 4.69) is 25.7 Å². The summed E-state index contributed by atoms with van der Waals surface area (Å²) in [6.45, 7) is 5.47. The first kappa shape index (κ1) is 34.6. The Morgan fingerprint density at radius 2 is 1.73 bits per heavy atom. The zero-order chi connectivity index (χ0) is 34.4. The van der Waals surface area contributed by atoms with Crippen molar-refractivity contribution >= 4 is 45.3 Å². The predicted molar refractivity (Wildman–Crippen MR) is 180 cm³/mol. The van der Waals surface area contributed by atoms with Gasteiger partial charge in [-0.1, -0.05) is 45.5 Å². The molecule has 1 aliphatic heterocycles. The molecule has 0 unspecified atom stereocenters. The Balaban J connectivity index is 1.61. The van der Waals surface area contributed by atoms with Crippen LogP contribution < -0.4 is 29.1 Å². The lowest BCUT2D eigenvalue weighted by Crippen LogP contribution is -2.40. The third kappa shape index (κ3) is 7.69. The molecule has 10 nitrogen and oxygen atoms in total. The fourth-order valence-corrected chi connectivity index (χ4v) is 6.45. The fraction of sp³-hybridized carbons (Fsp3) is 0.257. The van der Waals surface area contributed by atoms with E-state index in [1.807, 2.05) is 12.1 Å². The summed E-state index contributed by atoms with van der Waals surface area (Å²) in [6, 6.07) is 15.5. The maximum atomic E-state index is 14.2. The molecule has 0 radical (unpaired) electrons. The molecule has 2 heterocycles. The highest BCUT2D eigenvalue weighted by atomic mass is 79.9. The summed E-state index contributed by atoms with van der Waals surface area (Å²) in [4.78, 5) is 44.4.